The van der Waals surface area contributed by atoms with Crippen LogP contribution in [0.25, 0.3) is 0 Å². The summed E-state index contributed by atoms with van der Waals surface area (Å²) < 4.78 is 2.32. The van der Waals surface area contributed by atoms with Gasteiger partial charge in [-0.25, -0.2) is 4.98 Å². The minimum atomic E-state index is 0.0507. The zero-order valence-electron chi connectivity index (χ0n) is 7.11. The van der Waals surface area contributed by atoms with Gasteiger partial charge in [0, 0.05) is 12.7 Å². The van der Waals surface area contributed by atoms with Crippen LogP contribution in [0.5, 0.6) is 0 Å². The molecule has 0 radical (unpaired) electrons. The molecule has 0 saturated carbocycles. The fourth-order valence-corrected chi connectivity index (χ4v) is 1.67. The van der Waals surface area contributed by atoms with Crippen LogP contribution in [-0.4, -0.2) is 15.3 Å². The lowest BCUT2D eigenvalue weighted by Crippen LogP contribution is -2.22. The maximum absolute atomic E-state index is 11.5. The van der Waals surface area contributed by atoms with Crippen molar-refractivity contribution in [2.45, 2.75) is 19.4 Å². The van der Waals surface area contributed by atoms with Crippen molar-refractivity contribution in [1.29, 1.82) is 0 Å². The van der Waals surface area contributed by atoms with Gasteiger partial charge in [0.1, 0.15) is 0 Å². The monoisotopic (exact) mass is 310 g/mol. The van der Waals surface area contributed by atoms with Crippen molar-refractivity contribution in [2.24, 2.45) is 0 Å². The van der Waals surface area contributed by atoms with E-state index in [9.17, 15) is 4.79 Å². The Morgan fingerprint density at radius 2 is 2.31 bits per heavy atom. The van der Waals surface area contributed by atoms with Gasteiger partial charge in [-0.15, -0.1) is 0 Å². The Hall–Kier alpha value is -0.0400. The van der Waals surface area contributed by atoms with Crippen molar-refractivity contribution >= 4 is 35.2 Å². The third kappa shape index (κ3) is 3.30. The Labute approximate surface area is 96.1 Å². The lowest BCUT2D eigenvalue weighted by atomic mass is 10.3. The van der Waals surface area contributed by atoms with E-state index >= 15 is 0 Å². The zero-order valence-corrected chi connectivity index (χ0v) is 10.2. The predicted molar refractivity (Wildman–Crippen MR) is 64.3 cm³/mol. The average Bonchev–Trinajstić information content (AvgIpc) is 2.13. The third-order valence-corrected chi connectivity index (χ3v) is 2.72. The number of nitrogens with zero attached hydrogens (tertiary/aromatic N) is 2. The topological polar surface area (TPSA) is 34.9 Å². The Balaban J connectivity index is 2.67. The summed E-state index contributed by atoms with van der Waals surface area (Å²) in [5, 5.41) is 0. The molecule has 1 heterocycles. The van der Waals surface area contributed by atoms with Gasteiger partial charge in [-0.2, -0.15) is 12.6 Å². The molecule has 5 heteroatoms. The maximum atomic E-state index is 11.5. The van der Waals surface area contributed by atoms with Crippen LogP contribution in [0.1, 0.15) is 12.8 Å². The van der Waals surface area contributed by atoms with E-state index in [2.05, 4.69) is 17.6 Å². The molecular weight excluding hydrogens is 299 g/mol. The molecule has 0 aliphatic heterocycles. The number of rotatable bonds is 4. The number of hydrogen-bond acceptors (Lipinski definition) is 3. The van der Waals surface area contributed by atoms with Crippen LogP contribution < -0.4 is 5.56 Å². The number of hydrogen-bond donors (Lipinski definition) is 1. The van der Waals surface area contributed by atoms with E-state index in [1.807, 2.05) is 22.6 Å². The minimum Gasteiger partial charge on any atom is -0.298 e. The molecule has 0 atom stereocenters. The van der Waals surface area contributed by atoms with Crippen LogP contribution in [0, 0.1) is 3.57 Å². The Morgan fingerprint density at radius 3 is 3.00 bits per heavy atom. The van der Waals surface area contributed by atoms with E-state index in [4.69, 9.17) is 0 Å². The quantitative estimate of drug-likeness (QED) is 0.520. The molecule has 0 aliphatic rings. The standard InChI is InChI=1S/C8H11IN2OS/c9-7-5-10-6-11(8(7)12)3-1-2-4-13/h5-6,13H,1-4H2. The maximum Gasteiger partial charge on any atom is 0.266 e. The van der Waals surface area contributed by atoms with Gasteiger partial charge in [0.25, 0.3) is 5.56 Å². The number of thiol groups is 1. The molecule has 0 N–H and O–H groups in total. The van der Waals surface area contributed by atoms with Crippen molar-refractivity contribution in [3.8, 4) is 0 Å². The summed E-state index contributed by atoms with van der Waals surface area (Å²) in [4.78, 5) is 15.4. The van der Waals surface area contributed by atoms with Gasteiger partial charge in [-0.3, -0.25) is 9.36 Å². The first-order valence-electron chi connectivity index (χ1n) is 4.06. The molecule has 0 spiro atoms. The molecule has 0 aromatic carbocycles. The summed E-state index contributed by atoms with van der Waals surface area (Å²) >= 11 is 6.11. The SMILES string of the molecule is O=c1c(I)cncn1CCCCS. The van der Waals surface area contributed by atoms with Crippen LogP contribution >= 0.6 is 35.2 Å². The van der Waals surface area contributed by atoms with E-state index in [0.29, 0.717) is 3.57 Å². The lowest BCUT2D eigenvalue weighted by molar-refractivity contribution is 0.603. The van der Waals surface area contributed by atoms with Crippen molar-refractivity contribution < 1.29 is 0 Å². The molecule has 0 fully saturated rings. The van der Waals surface area contributed by atoms with Crippen LogP contribution in [0.4, 0.5) is 0 Å². The molecule has 0 unspecified atom stereocenters. The molecule has 0 bridgehead atoms. The van der Waals surface area contributed by atoms with Crippen molar-refractivity contribution in [1.82, 2.24) is 9.55 Å². The van der Waals surface area contributed by atoms with Gasteiger partial charge in [0.2, 0.25) is 0 Å². The fourth-order valence-electron chi connectivity index (χ4n) is 0.977. The summed E-state index contributed by atoms with van der Waals surface area (Å²) in [5.74, 6) is 0.867. The van der Waals surface area contributed by atoms with Gasteiger partial charge >= 0.3 is 0 Å². The lowest BCUT2D eigenvalue weighted by Gasteiger charge is -2.03. The number of aromatic nitrogens is 2. The highest BCUT2D eigenvalue weighted by atomic mass is 127. The van der Waals surface area contributed by atoms with Gasteiger partial charge in [-0.1, -0.05) is 0 Å². The molecule has 0 amide bonds. The molecule has 1 aromatic rings. The number of unbranched alkanes of at least 4 members (excludes halogenated alkanes) is 1. The fraction of sp³-hybridized carbons (Fsp3) is 0.500. The molecule has 72 valence electrons. The van der Waals surface area contributed by atoms with Crippen LogP contribution in [0.15, 0.2) is 17.3 Å². The first kappa shape index (κ1) is 11.0. The second kappa shape index (κ2) is 5.64. The highest BCUT2D eigenvalue weighted by Gasteiger charge is 1.99. The van der Waals surface area contributed by atoms with Gasteiger partial charge in [0.15, 0.2) is 0 Å². The Bertz CT molecular complexity index is 326. The van der Waals surface area contributed by atoms with Gasteiger partial charge < -0.3 is 0 Å². The number of aryl methyl sites for hydroxylation is 1. The first-order valence-corrected chi connectivity index (χ1v) is 5.77. The molecule has 1 rings (SSSR count). The molecule has 1 aromatic heterocycles. The normalized spacial score (nSPS) is 10.3. The van der Waals surface area contributed by atoms with Crippen molar-refractivity contribution in [3.05, 3.63) is 26.4 Å². The summed E-state index contributed by atoms with van der Waals surface area (Å²) in [6.07, 6.45) is 5.17. The molecule has 0 aliphatic carbocycles. The largest absolute Gasteiger partial charge is 0.298 e. The summed E-state index contributed by atoms with van der Waals surface area (Å²) in [5.41, 5.74) is 0.0507. The third-order valence-electron chi connectivity index (χ3n) is 1.67. The Morgan fingerprint density at radius 1 is 1.54 bits per heavy atom. The van der Waals surface area contributed by atoms with Crippen LogP contribution in [0.3, 0.4) is 0 Å². The molecule has 3 nitrogen and oxygen atoms in total. The second-order valence-corrected chi connectivity index (χ2v) is 4.28. The summed E-state index contributed by atoms with van der Waals surface area (Å²) in [6, 6.07) is 0. The molecule has 0 saturated heterocycles. The number of halogens is 1. The molecular formula is C8H11IN2OS. The predicted octanol–water partition coefficient (Wildman–Crippen LogP) is 1.56. The van der Waals surface area contributed by atoms with Crippen LogP contribution in [0.2, 0.25) is 0 Å². The second-order valence-electron chi connectivity index (χ2n) is 2.67. The summed E-state index contributed by atoms with van der Waals surface area (Å²) in [7, 11) is 0. The van der Waals surface area contributed by atoms with E-state index in [1.54, 1.807) is 17.1 Å². The van der Waals surface area contributed by atoms with Crippen LogP contribution in [-0.2, 0) is 6.54 Å². The average molecular weight is 310 g/mol. The van der Waals surface area contributed by atoms with E-state index in [0.717, 1.165) is 25.1 Å². The highest BCUT2D eigenvalue weighted by Crippen LogP contribution is 1.96. The first-order chi connectivity index (χ1) is 6.25. The smallest absolute Gasteiger partial charge is 0.266 e. The highest BCUT2D eigenvalue weighted by molar-refractivity contribution is 14.1. The Kier molecular flexibility index (Phi) is 4.79. The summed E-state index contributed by atoms with van der Waals surface area (Å²) in [6.45, 7) is 0.739. The zero-order chi connectivity index (χ0) is 9.68. The van der Waals surface area contributed by atoms with Crippen molar-refractivity contribution in [2.75, 3.05) is 5.75 Å². The van der Waals surface area contributed by atoms with Gasteiger partial charge in [-0.05, 0) is 41.2 Å². The van der Waals surface area contributed by atoms with Gasteiger partial charge in [0.05, 0.1) is 9.90 Å². The van der Waals surface area contributed by atoms with E-state index in [-0.39, 0.29) is 5.56 Å². The van der Waals surface area contributed by atoms with E-state index in [1.165, 1.54) is 0 Å². The van der Waals surface area contributed by atoms with E-state index < -0.39 is 0 Å². The van der Waals surface area contributed by atoms with Crippen molar-refractivity contribution in [3.63, 3.8) is 0 Å². The molecule has 13 heavy (non-hydrogen) atoms. The minimum absolute atomic E-state index is 0.0507.